The molecule has 2 rings (SSSR count). The molecular formula is C21H27NO3. The van der Waals surface area contributed by atoms with Gasteiger partial charge in [-0.3, -0.25) is 4.79 Å². The second kappa shape index (κ2) is 9.11. The van der Waals surface area contributed by atoms with Gasteiger partial charge in [-0.1, -0.05) is 18.2 Å². The molecule has 0 saturated heterocycles. The number of hydrogen-bond donors (Lipinski definition) is 1. The zero-order chi connectivity index (χ0) is 18.2. The molecule has 0 radical (unpaired) electrons. The molecule has 0 aromatic heterocycles. The zero-order valence-corrected chi connectivity index (χ0v) is 15.5. The van der Waals surface area contributed by atoms with Crippen LogP contribution in [0.15, 0.2) is 36.4 Å². The van der Waals surface area contributed by atoms with E-state index in [0.717, 1.165) is 33.9 Å². The summed E-state index contributed by atoms with van der Waals surface area (Å²) in [6.45, 7) is 9.08. The number of ether oxygens (including phenoxy) is 2. The van der Waals surface area contributed by atoms with Crippen LogP contribution in [0.5, 0.6) is 11.5 Å². The van der Waals surface area contributed by atoms with Crippen molar-refractivity contribution in [2.45, 2.75) is 40.5 Å². The van der Waals surface area contributed by atoms with Gasteiger partial charge in [-0.15, -0.1) is 0 Å². The van der Waals surface area contributed by atoms with E-state index in [0.29, 0.717) is 26.1 Å². The Balaban J connectivity index is 1.99. The number of hydrogen-bond acceptors (Lipinski definition) is 3. The molecule has 4 nitrogen and oxygen atoms in total. The number of carbonyl (C=O) groups is 1. The van der Waals surface area contributed by atoms with Crippen molar-refractivity contribution in [1.82, 2.24) is 0 Å². The zero-order valence-electron chi connectivity index (χ0n) is 15.5. The van der Waals surface area contributed by atoms with Gasteiger partial charge in [-0.25, -0.2) is 0 Å². The Morgan fingerprint density at radius 3 is 2.40 bits per heavy atom. The smallest absolute Gasteiger partial charge is 0.224 e. The van der Waals surface area contributed by atoms with Crippen molar-refractivity contribution in [3.8, 4) is 11.5 Å². The number of aryl methyl sites for hydroxylation is 3. The van der Waals surface area contributed by atoms with Crippen molar-refractivity contribution in [3.63, 3.8) is 0 Å². The summed E-state index contributed by atoms with van der Waals surface area (Å²) < 4.78 is 11.2. The van der Waals surface area contributed by atoms with E-state index in [4.69, 9.17) is 9.47 Å². The Labute approximate surface area is 150 Å². The van der Waals surface area contributed by atoms with E-state index >= 15 is 0 Å². The molecule has 0 atom stereocenters. The van der Waals surface area contributed by atoms with E-state index in [-0.39, 0.29) is 5.91 Å². The third-order valence-electron chi connectivity index (χ3n) is 3.92. The number of nitrogens with one attached hydrogen (secondary N) is 1. The average molecular weight is 341 g/mol. The highest BCUT2D eigenvalue weighted by molar-refractivity contribution is 5.91. The molecule has 0 unspecified atom stereocenters. The SMILES string of the molecule is CCOc1ccc(CCC(=O)Nc2cc(C)ccc2C)cc1OCC. The monoisotopic (exact) mass is 341 g/mol. The summed E-state index contributed by atoms with van der Waals surface area (Å²) in [5, 5.41) is 3.00. The van der Waals surface area contributed by atoms with Crippen LogP contribution in [0.1, 0.15) is 37.0 Å². The topological polar surface area (TPSA) is 47.6 Å². The molecule has 4 heteroatoms. The van der Waals surface area contributed by atoms with Gasteiger partial charge in [0.05, 0.1) is 13.2 Å². The van der Waals surface area contributed by atoms with Crippen LogP contribution in [0.2, 0.25) is 0 Å². The lowest BCUT2D eigenvalue weighted by Crippen LogP contribution is -2.13. The van der Waals surface area contributed by atoms with Crippen LogP contribution in [0.3, 0.4) is 0 Å². The van der Waals surface area contributed by atoms with Crippen LogP contribution in [0.4, 0.5) is 5.69 Å². The van der Waals surface area contributed by atoms with Crippen LogP contribution < -0.4 is 14.8 Å². The van der Waals surface area contributed by atoms with Crippen molar-refractivity contribution in [2.24, 2.45) is 0 Å². The highest BCUT2D eigenvalue weighted by atomic mass is 16.5. The largest absolute Gasteiger partial charge is 0.490 e. The predicted molar refractivity (Wildman–Crippen MR) is 102 cm³/mol. The Bertz CT molecular complexity index is 725. The maximum atomic E-state index is 12.3. The van der Waals surface area contributed by atoms with Gasteiger partial charge in [-0.05, 0) is 69.0 Å². The first kappa shape index (κ1) is 18.8. The normalized spacial score (nSPS) is 10.4. The van der Waals surface area contributed by atoms with Gasteiger partial charge in [-0.2, -0.15) is 0 Å². The summed E-state index contributed by atoms with van der Waals surface area (Å²) in [6.07, 6.45) is 1.08. The quantitative estimate of drug-likeness (QED) is 0.759. The lowest BCUT2D eigenvalue weighted by molar-refractivity contribution is -0.116. The molecule has 1 N–H and O–H groups in total. The molecule has 134 valence electrons. The van der Waals surface area contributed by atoms with Crippen molar-refractivity contribution in [1.29, 1.82) is 0 Å². The number of carbonyl (C=O) groups excluding carboxylic acids is 1. The van der Waals surface area contributed by atoms with Crippen LogP contribution in [0, 0.1) is 13.8 Å². The molecule has 0 spiro atoms. The molecule has 0 heterocycles. The fourth-order valence-corrected chi connectivity index (χ4v) is 2.59. The van der Waals surface area contributed by atoms with Crippen molar-refractivity contribution < 1.29 is 14.3 Å². The molecule has 0 fully saturated rings. The summed E-state index contributed by atoms with van der Waals surface area (Å²) in [7, 11) is 0. The van der Waals surface area contributed by atoms with Crippen molar-refractivity contribution >= 4 is 11.6 Å². The van der Waals surface area contributed by atoms with E-state index in [2.05, 4.69) is 5.32 Å². The molecule has 1 amide bonds. The van der Waals surface area contributed by atoms with E-state index < -0.39 is 0 Å². The minimum atomic E-state index is 0.0144. The maximum Gasteiger partial charge on any atom is 0.224 e. The van der Waals surface area contributed by atoms with Crippen LogP contribution >= 0.6 is 0 Å². The van der Waals surface area contributed by atoms with Gasteiger partial charge in [0, 0.05) is 12.1 Å². The van der Waals surface area contributed by atoms with E-state index in [1.54, 1.807) is 0 Å². The minimum absolute atomic E-state index is 0.0144. The molecule has 25 heavy (non-hydrogen) atoms. The van der Waals surface area contributed by atoms with Gasteiger partial charge in [0.2, 0.25) is 5.91 Å². The van der Waals surface area contributed by atoms with Crippen LogP contribution in [0.25, 0.3) is 0 Å². The molecule has 2 aromatic carbocycles. The van der Waals surface area contributed by atoms with Gasteiger partial charge < -0.3 is 14.8 Å². The molecular weight excluding hydrogens is 314 g/mol. The number of benzene rings is 2. The van der Waals surface area contributed by atoms with Crippen molar-refractivity contribution in [3.05, 3.63) is 53.1 Å². The fourth-order valence-electron chi connectivity index (χ4n) is 2.59. The highest BCUT2D eigenvalue weighted by Gasteiger charge is 2.09. The van der Waals surface area contributed by atoms with Gasteiger partial charge in [0.15, 0.2) is 11.5 Å². The molecule has 0 bridgehead atoms. The van der Waals surface area contributed by atoms with Crippen LogP contribution in [-0.4, -0.2) is 19.1 Å². The van der Waals surface area contributed by atoms with Gasteiger partial charge in [0.1, 0.15) is 0 Å². The summed E-state index contributed by atoms with van der Waals surface area (Å²) in [5.41, 5.74) is 4.14. The van der Waals surface area contributed by atoms with E-state index in [9.17, 15) is 4.79 Å². The van der Waals surface area contributed by atoms with Crippen LogP contribution in [-0.2, 0) is 11.2 Å². The maximum absolute atomic E-state index is 12.3. The Morgan fingerprint density at radius 1 is 0.960 bits per heavy atom. The molecule has 0 saturated carbocycles. The molecule has 0 aliphatic carbocycles. The predicted octanol–water partition coefficient (Wildman–Crippen LogP) is 4.67. The summed E-state index contributed by atoms with van der Waals surface area (Å²) in [6, 6.07) is 11.9. The third kappa shape index (κ3) is 5.52. The number of rotatable bonds is 8. The average Bonchev–Trinajstić information content (AvgIpc) is 2.59. The van der Waals surface area contributed by atoms with Crippen molar-refractivity contribution in [2.75, 3.05) is 18.5 Å². The fraction of sp³-hybridized carbons (Fsp3) is 0.381. The van der Waals surface area contributed by atoms with Gasteiger partial charge >= 0.3 is 0 Å². The number of amides is 1. The lowest BCUT2D eigenvalue weighted by Gasteiger charge is -2.13. The van der Waals surface area contributed by atoms with E-state index in [1.807, 2.05) is 64.1 Å². The second-order valence-corrected chi connectivity index (χ2v) is 6.01. The minimum Gasteiger partial charge on any atom is -0.490 e. The number of anilines is 1. The summed E-state index contributed by atoms with van der Waals surface area (Å²) >= 11 is 0. The lowest BCUT2D eigenvalue weighted by atomic mass is 10.1. The molecule has 2 aromatic rings. The molecule has 0 aliphatic heterocycles. The third-order valence-corrected chi connectivity index (χ3v) is 3.92. The van der Waals surface area contributed by atoms with E-state index in [1.165, 1.54) is 0 Å². The first-order valence-electron chi connectivity index (χ1n) is 8.79. The Kier molecular flexibility index (Phi) is 6.87. The second-order valence-electron chi connectivity index (χ2n) is 6.01. The molecule has 0 aliphatic rings. The van der Waals surface area contributed by atoms with Gasteiger partial charge in [0.25, 0.3) is 0 Å². The Hall–Kier alpha value is -2.49. The Morgan fingerprint density at radius 2 is 1.68 bits per heavy atom. The highest BCUT2D eigenvalue weighted by Crippen LogP contribution is 2.29. The first-order valence-corrected chi connectivity index (χ1v) is 8.79. The first-order chi connectivity index (χ1) is 12.0. The summed E-state index contributed by atoms with van der Waals surface area (Å²) in [5.74, 6) is 1.49. The standard InChI is InChI=1S/C21H27NO3/c1-5-24-19-11-9-17(14-20(19)25-6-2)10-12-21(23)22-18-13-15(3)7-8-16(18)4/h7-9,11,13-14H,5-6,10,12H2,1-4H3,(H,22,23). The summed E-state index contributed by atoms with van der Waals surface area (Å²) in [4.78, 5) is 12.3.